The maximum atomic E-state index is 12.2. The van der Waals surface area contributed by atoms with Crippen LogP contribution in [0.15, 0.2) is 21.5 Å². The maximum absolute atomic E-state index is 12.2. The second kappa shape index (κ2) is 7.12. The second-order valence-electron chi connectivity index (χ2n) is 3.89. The molecule has 0 saturated heterocycles. The number of rotatable bonds is 7. The Hall–Kier alpha value is -0.790. The van der Waals surface area contributed by atoms with Crippen molar-refractivity contribution in [3.63, 3.8) is 0 Å². The first-order chi connectivity index (χ1) is 8.96. The third-order valence-electron chi connectivity index (χ3n) is 2.55. The van der Waals surface area contributed by atoms with Crippen LogP contribution < -0.4 is 14.2 Å². The van der Waals surface area contributed by atoms with Crippen LogP contribution >= 0.6 is 15.9 Å². The van der Waals surface area contributed by atoms with Crippen LogP contribution in [0.4, 0.5) is 0 Å². The minimum atomic E-state index is -3.60. The second-order valence-corrected chi connectivity index (χ2v) is 6.48. The topological polar surface area (TPSA) is 64.6 Å². The Morgan fingerprint density at radius 2 is 1.84 bits per heavy atom. The molecule has 0 radical (unpaired) electrons. The molecule has 1 aromatic carbocycles. The SMILES string of the molecule is CCCCNS(=O)(=O)c1cc(OC)c(Br)cc1OC. The van der Waals surface area contributed by atoms with E-state index in [0.29, 0.717) is 16.8 Å². The first-order valence-corrected chi connectivity index (χ1v) is 8.15. The van der Waals surface area contributed by atoms with Gasteiger partial charge in [0.05, 0.1) is 18.7 Å². The molecule has 0 aromatic heterocycles. The molecular formula is C12H18BrNO4S. The Kier molecular flexibility index (Phi) is 6.09. The van der Waals surface area contributed by atoms with Gasteiger partial charge in [0.2, 0.25) is 10.0 Å². The van der Waals surface area contributed by atoms with Crippen LogP contribution in [0.3, 0.4) is 0 Å². The highest BCUT2D eigenvalue weighted by Crippen LogP contribution is 2.35. The molecule has 1 rings (SSSR count). The van der Waals surface area contributed by atoms with Crippen LogP contribution in [0.25, 0.3) is 0 Å². The Balaban J connectivity index is 3.16. The number of sulfonamides is 1. The van der Waals surface area contributed by atoms with E-state index in [2.05, 4.69) is 20.7 Å². The number of hydrogen-bond donors (Lipinski definition) is 1. The van der Waals surface area contributed by atoms with Crippen molar-refractivity contribution in [2.75, 3.05) is 20.8 Å². The smallest absolute Gasteiger partial charge is 0.244 e. The van der Waals surface area contributed by atoms with Gasteiger partial charge in [0.25, 0.3) is 0 Å². The van der Waals surface area contributed by atoms with E-state index in [-0.39, 0.29) is 10.6 Å². The van der Waals surface area contributed by atoms with Gasteiger partial charge in [-0.2, -0.15) is 0 Å². The number of ether oxygens (including phenoxy) is 2. The van der Waals surface area contributed by atoms with Gasteiger partial charge in [-0.05, 0) is 28.4 Å². The average Bonchev–Trinajstić information content (AvgIpc) is 2.38. The average molecular weight is 352 g/mol. The first kappa shape index (κ1) is 16.3. The van der Waals surface area contributed by atoms with E-state index < -0.39 is 10.0 Å². The quantitative estimate of drug-likeness (QED) is 0.766. The molecule has 1 N–H and O–H groups in total. The van der Waals surface area contributed by atoms with E-state index in [4.69, 9.17) is 9.47 Å². The van der Waals surface area contributed by atoms with Crippen LogP contribution in [0.2, 0.25) is 0 Å². The highest BCUT2D eigenvalue weighted by molar-refractivity contribution is 9.10. The summed E-state index contributed by atoms with van der Waals surface area (Å²) in [5.74, 6) is 0.716. The molecule has 0 amide bonds. The molecular weight excluding hydrogens is 334 g/mol. The standard InChI is InChI=1S/C12H18BrNO4S/c1-4-5-6-14-19(15,16)12-8-10(17-2)9(13)7-11(12)18-3/h7-8,14H,4-6H2,1-3H3. The Morgan fingerprint density at radius 3 is 2.37 bits per heavy atom. The molecule has 7 heteroatoms. The largest absolute Gasteiger partial charge is 0.496 e. The zero-order valence-corrected chi connectivity index (χ0v) is 13.6. The number of benzene rings is 1. The molecule has 0 bridgehead atoms. The summed E-state index contributed by atoms with van der Waals surface area (Å²) in [5, 5.41) is 0. The van der Waals surface area contributed by atoms with Crippen molar-refractivity contribution in [2.24, 2.45) is 0 Å². The Labute approximate surface area is 122 Å². The van der Waals surface area contributed by atoms with Crippen molar-refractivity contribution < 1.29 is 17.9 Å². The zero-order valence-electron chi connectivity index (χ0n) is 11.2. The fraction of sp³-hybridized carbons (Fsp3) is 0.500. The van der Waals surface area contributed by atoms with Crippen molar-refractivity contribution >= 4 is 26.0 Å². The van der Waals surface area contributed by atoms with Crippen molar-refractivity contribution in [1.82, 2.24) is 4.72 Å². The van der Waals surface area contributed by atoms with Crippen LogP contribution in [0.5, 0.6) is 11.5 Å². The molecule has 108 valence electrons. The van der Waals surface area contributed by atoms with Crippen LogP contribution in [-0.4, -0.2) is 29.2 Å². The molecule has 0 atom stereocenters. The van der Waals surface area contributed by atoms with E-state index >= 15 is 0 Å². The summed E-state index contributed by atoms with van der Waals surface area (Å²) in [6.07, 6.45) is 1.71. The molecule has 1 aromatic rings. The highest BCUT2D eigenvalue weighted by Gasteiger charge is 2.21. The lowest BCUT2D eigenvalue weighted by Gasteiger charge is -2.13. The Bertz CT molecular complexity index is 531. The van der Waals surface area contributed by atoms with Crippen LogP contribution in [0.1, 0.15) is 19.8 Å². The molecule has 0 spiro atoms. The maximum Gasteiger partial charge on any atom is 0.244 e. The zero-order chi connectivity index (χ0) is 14.5. The molecule has 0 aliphatic heterocycles. The number of halogens is 1. The predicted molar refractivity (Wildman–Crippen MR) is 77.3 cm³/mol. The summed E-state index contributed by atoms with van der Waals surface area (Å²) in [4.78, 5) is 0.0751. The monoisotopic (exact) mass is 351 g/mol. The molecule has 0 aliphatic rings. The van der Waals surface area contributed by atoms with Gasteiger partial charge in [0, 0.05) is 12.6 Å². The number of methoxy groups -OCH3 is 2. The molecule has 19 heavy (non-hydrogen) atoms. The van der Waals surface area contributed by atoms with Crippen LogP contribution in [-0.2, 0) is 10.0 Å². The van der Waals surface area contributed by atoms with Crippen molar-refractivity contribution in [3.8, 4) is 11.5 Å². The van der Waals surface area contributed by atoms with Gasteiger partial charge < -0.3 is 9.47 Å². The van der Waals surface area contributed by atoms with Crippen molar-refractivity contribution in [1.29, 1.82) is 0 Å². The van der Waals surface area contributed by atoms with Crippen LogP contribution in [0, 0.1) is 0 Å². The van der Waals surface area contributed by atoms with Gasteiger partial charge in [-0.15, -0.1) is 0 Å². The Morgan fingerprint density at radius 1 is 1.21 bits per heavy atom. The molecule has 5 nitrogen and oxygen atoms in total. The van der Waals surface area contributed by atoms with Gasteiger partial charge in [0.1, 0.15) is 16.4 Å². The minimum Gasteiger partial charge on any atom is -0.496 e. The lowest BCUT2D eigenvalue weighted by Crippen LogP contribution is -2.25. The summed E-state index contributed by atoms with van der Waals surface area (Å²) >= 11 is 3.29. The van der Waals surface area contributed by atoms with Gasteiger partial charge in [0.15, 0.2) is 0 Å². The van der Waals surface area contributed by atoms with E-state index in [9.17, 15) is 8.42 Å². The van der Waals surface area contributed by atoms with Gasteiger partial charge >= 0.3 is 0 Å². The normalized spacial score (nSPS) is 11.4. The summed E-state index contributed by atoms with van der Waals surface area (Å²) < 4.78 is 37.8. The summed E-state index contributed by atoms with van der Waals surface area (Å²) in [6.45, 7) is 2.40. The summed E-state index contributed by atoms with van der Waals surface area (Å²) in [5.41, 5.74) is 0. The lowest BCUT2D eigenvalue weighted by molar-refractivity contribution is 0.390. The van der Waals surface area contributed by atoms with Gasteiger partial charge in [-0.3, -0.25) is 0 Å². The molecule has 0 fully saturated rings. The summed E-state index contributed by atoms with van der Waals surface area (Å²) in [7, 11) is -0.691. The molecule has 0 saturated carbocycles. The molecule has 0 heterocycles. The lowest BCUT2D eigenvalue weighted by atomic mass is 10.3. The third kappa shape index (κ3) is 4.09. The van der Waals surface area contributed by atoms with Crippen molar-refractivity contribution in [3.05, 3.63) is 16.6 Å². The van der Waals surface area contributed by atoms with E-state index in [1.54, 1.807) is 6.07 Å². The molecule has 0 aliphatic carbocycles. The summed E-state index contributed by atoms with van der Waals surface area (Å²) in [6, 6.07) is 3.02. The van der Waals surface area contributed by atoms with Gasteiger partial charge in [-0.25, -0.2) is 13.1 Å². The predicted octanol–water partition coefficient (Wildman–Crippen LogP) is 2.54. The van der Waals surface area contributed by atoms with E-state index in [1.807, 2.05) is 6.92 Å². The third-order valence-corrected chi connectivity index (χ3v) is 4.65. The number of hydrogen-bond acceptors (Lipinski definition) is 4. The minimum absolute atomic E-state index is 0.0751. The van der Waals surface area contributed by atoms with Gasteiger partial charge in [-0.1, -0.05) is 13.3 Å². The van der Waals surface area contributed by atoms with Crippen molar-refractivity contribution in [2.45, 2.75) is 24.7 Å². The fourth-order valence-electron chi connectivity index (χ4n) is 1.50. The molecule has 0 unspecified atom stereocenters. The number of nitrogens with one attached hydrogen (secondary N) is 1. The highest BCUT2D eigenvalue weighted by atomic mass is 79.9. The number of unbranched alkanes of at least 4 members (excludes halogenated alkanes) is 1. The van der Waals surface area contributed by atoms with E-state index in [1.165, 1.54) is 20.3 Å². The fourth-order valence-corrected chi connectivity index (χ4v) is 3.23. The van der Waals surface area contributed by atoms with E-state index in [0.717, 1.165) is 12.8 Å². The first-order valence-electron chi connectivity index (χ1n) is 5.87.